The highest BCUT2D eigenvalue weighted by molar-refractivity contribution is 6.05. The summed E-state index contributed by atoms with van der Waals surface area (Å²) in [5.74, 6) is 0.922. The first-order chi connectivity index (χ1) is 12.4. The van der Waals surface area contributed by atoms with Crippen LogP contribution in [0.25, 0.3) is 11.4 Å². The van der Waals surface area contributed by atoms with Crippen molar-refractivity contribution in [3.8, 4) is 11.4 Å². The van der Waals surface area contributed by atoms with Crippen LogP contribution in [0.3, 0.4) is 0 Å². The van der Waals surface area contributed by atoms with Crippen molar-refractivity contribution in [3.63, 3.8) is 0 Å². The summed E-state index contributed by atoms with van der Waals surface area (Å²) in [6.45, 7) is 10.0. The second-order valence-electron chi connectivity index (χ2n) is 6.51. The molecule has 1 aromatic carbocycles. The number of oxime groups is 1. The van der Waals surface area contributed by atoms with Gasteiger partial charge in [-0.3, -0.25) is 4.79 Å². The first-order valence-corrected chi connectivity index (χ1v) is 8.86. The fourth-order valence-corrected chi connectivity index (χ4v) is 3.26. The van der Waals surface area contributed by atoms with Crippen LogP contribution >= 0.6 is 0 Å². The lowest BCUT2D eigenvalue weighted by Gasteiger charge is -2.47. The van der Waals surface area contributed by atoms with Crippen molar-refractivity contribution in [2.45, 2.75) is 52.6 Å². The van der Waals surface area contributed by atoms with Gasteiger partial charge in [-0.2, -0.15) is 4.98 Å². The van der Waals surface area contributed by atoms with E-state index in [1.54, 1.807) is 6.92 Å². The Morgan fingerprint density at radius 3 is 2.50 bits per heavy atom. The van der Waals surface area contributed by atoms with E-state index in [0.29, 0.717) is 18.3 Å². The summed E-state index contributed by atoms with van der Waals surface area (Å²) in [5.41, 5.74) is 2.73. The maximum atomic E-state index is 12.9. The molecule has 1 amide bonds. The number of benzene rings is 1. The molecule has 7 nitrogen and oxygen atoms in total. The molecule has 0 bridgehead atoms. The molecule has 7 heteroatoms. The predicted molar refractivity (Wildman–Crippen MR) is 97.7 cm³/mol. The van der Waals surface area contributed by atoms with Gasteiger partial charge in [0.25, 0.3) is 0 Å². The molecule has 3 rings (SSSR count). The molecule has 1 aliphatic rings. The van der Waals surface area contributed by atoms with Gasteiger partial charge in [0, 0.05) is 12.5 Å². The van der Waals surface area contributed by atoms with E-state index in [1.165, 1.54) is 0 Å². The third-order valence-electron chi connectivity index (χ3n) is 4.81. The second-order valence-corrected chi connectivity index (χ2v) is 6.51. The molecule has 138 valence electrons. The van der Waals surface area contributed by atoms with Crippen LogP contribution in [0.5, 0.6) is 0 Å². The van der Waals surface area contributed by atoms with Crippen LogP contribution in [0, 0.1) is 6.92 Å². The minimum Gasteiger partial charge on any atom is -0.396 e. The molecule has 1 fully saturated rings. The molecule has 1 aliphatic heterocycles. The molecule has 0 N–H and O–H groups in total. The highest BCUT2D eigenvalue weighted by atomic mass is 16.6. The number of amides is 1. The number of likely N-dealkylation sites (tertiary alicyclic amines) is 1. The first-order valence-electron chi connectivity index (χ1n) is 8.86. The van der Waals surface area contributed by atoms with Gasteiger partial charge >= 0.3 is 0 Å². The summed E-state index contributed by atoms with van der Waals surface area (Å²) in [4.78, 5) is 24.1. The van der Waals surface area contributed by atoms with Gasteiger partial charge in [-0.05, 0) is 33.3 Å². The predicted octanol–water partition coefficient (Wildman–Crippen LogP) is 3.16. The smallest absolute Gasteiger partial charge is 0.230 e. The van der Waals surface area contributed by atoms with E-state index in [2.05, 4.69) is 15.3 Å². The molecule has 0 aliphatic carbocycles. The van der Waals surface area contributed by atoms with Gasteiger partial charge in [0.2, 0.25) is 17.6 Å². The largest absolute Gasteiger partial charge is 0.396 e. The Bertz CT molecular complexity index is 800. The zero-order valence-electron chi connectivity index (χ0n) is 15.8. The van der Waals surface area contributed by atoms with Gasteiger partial charge in [-0.15, -0.1) is 0 Å². The molecule has 0 radical (unpaired) electrons. The molecule has 0 saturated carbocycles. The summed E-state index contributed by atoms with van der Waals surface area (Å²) in [6, 6.07) is 7.63. The number of hydrogen-bond acceptors (Lipinski definition) is 6. The lowest BCUT2D eigenvalue weighted by atomic mass is 9.88. The van der Waals surface area contributed by atoms with E-state index >= 15 is 0 Å². The van der Waals surface area contributed by atoms with Crippen LogP contribution in [0.2, 0.25) is 0 Å². The number of carbonyl (C=O) groups is 1. The number of carbonyl (C=O) groups excluding carboxylic acids is 1. The normalized spacial score (nSPS) is 20.5. The molecular formula is C19H24N4O3. The topological polar surface area (TPSA) is 80.8 Å². The highest BCUT2D eigenvalue weighted by Crippen LogP contribution is 2.29. The molecular weight excluding hydrogens is 332 g/mol. The van der Waals surface area contributed by atoms with Crippen LogP contribution in [-0.4, -0.2) is 45.3 Å². The molecule has 1 aromatic heterocycles. The minimum absolute atomic E-state index is 0.0342. The van der Waals surface area contributed by atoms with Crippen LogP contribution in [0.4, 0.5) is 0 Å². The lowest BCUT2D eigenvalue weighted by molar-refractivity contribution is -0.136. The van der Waals surface area contributed by atoms with Crippen LogP contribution < -0.4 is 0 Å². The summed E-state index contributed by atoms with van der Waals surface area (Å²) < 4.78 is 5.01. The Labute approximate surface area is 153 Å². The summed E-state index contributed by atoms with van der Waals surface area (Å²) in [7, 11) is 0. The zero-order valence-corrected chi connectivity index (χ0v) is 15.8. The standard InChI is InChI=1S/C19H24N4O3/c1-6-25-21-17-12(3)23(13(17)4)19(24)11(2)15-7-9-16(10-8-15)18-20-14(5)26-22-18/h7-13H,6H2,1-5H3. The van der Waals surface area contributed by atoms with Gasteiger partial charge < -0.3 is 14.3 Å². The SMILES string of the molecule is CCON=C1C(C)N(C(=O)C(C)c2ccc(-c3noc(C)n3)cc2)C1C. The van der Waals surface area contributed by atoms with Crippen molar-refractivity contribution in [2.24, 2.45) is 5.16 Å². The minimum atomic E-state index is -0.241. The fourth-order valence-electron chi connectivity index (χ4n) is 3.26. The molecule has 2 heterocycles. The molecule has 3 atom stereocenters. The van der Waals surface area contributed by atoms with E-state index in [4.69, 9.17) is 9.36 Å². The first kappa shape index (κ1) is 18.1. The molecule has 26 heavy (non-hydrogen) atoms. The van der Waals surface area contributed by atoms with Crippen LogP contribution in [0.15, 0.2) is 33.9 Å². The van der Waals surface area contributed by atoms with E-state index in [-0.39, 0.29) is 23.9 Å². The van der Waals surface area contributed by atoms with E-state index in [0.717, 1.165) is 16.8 Å². The number of aromatic nitrogens is 2. The van der Waals surface area contributed by atoms with Crippen molar-refractivity contribution in [2.75, 3.05) is 6.61 Å². The summed E-state index contributed by atoms with van der Waals surface area (Å²) in [5, 5.41) is 8.03. The summed E-state index contributed by atoms with van der Waals surface area (Å²) in [6.07, 6.45) is 0. The lowest BCUT2D eigenvalue weighted by Crippen LogP contribution is -2.65. The van der Waals surface area contributed by atoms with Gasteiger partial charge in [-0.25, -0.2) is 0 Å². The Kier molecular flexibility index (Phi) is 5.06. The fraction of sp³-hybridized carbons (Fsp3) is 0.474. The van der Waals surface area contributed by atoms with Gasteiger partial charge in [0.15, 0.2) is 0 Å². The quantitative estimate of drug-likeness (QED) is 0.769. The maximum absolute atomic E-state index is 12.9. The van der Waals surface area contributed by atoms with Gasteiger partial charge in [0.05, 0.1) is 18.0 Å². The van der Waals surface area contributed by atoms with Crippen molar-refractivity contribution in [1.29, 1.82) is 0 Å². The molecule has 2 aromatic rings. The van der Waals surface area contributed by atoms with Crippen molar-refractivity contribution in [3.05, 3.63) is 35.7 Å². The Hall–Kier alpha value is -2.70. The average Bonchev–Trinajstić information content (AvgIpc) is 3.08. The van der Waals surface area contributed by atoms with Gasteiger partial charge in [-0.1, -0.05) is 34.6 Å². The Balaban J connectivity index is 1.71. The highest BCUT2D eigenvalue weighted by Gasteiger charge is 2.44. The second kappa shape index (κ2) is 7.27. The van der Waals surface area contributed by atoms with E-state index in [1.807, 2.05) is 56.9 Å². The third-order valence-corrected chi connectivity index (χ3v) is 4.81. The van der Waals surface area contributed by atoms with Crippen LogP contribution in [-0.2, 0) is 9.63 Å². The molecule has 1 saturated heterocycles. The number of hydrogen-bond donors (Lipinski definition) is 0. The van der Waals surface area contributed by atoms with Crippen LogP contribution in [0.1, 0.15) is 45.1 Å². The van der Waals surface area contributed by atoms with Crippen molar-refractivity contribution in [1.82, 2.24) is 15.0 Å². The van der Waals surface area contributed by atoms with Crippen molar-refractivity contribution >= 4 is 11.6 Å². The van der Waals surface area contributed by atoms with E-state index in [9.17, 15) is 4.79 Å². The summed E-state index contributed by atoms with van der Waals surface area (Å²) >= 11 is 0. The maximum Gasteiger partial charge on any atom is 0.230 e. The third kappa shape index (κ3) is 3.21. The number of rotatable bonds is 5. The average molecular weight is 356 g/mol. The Morgan fingerprint density at radius 2 is 1.96 bits per heavy atom. The molecule has 0 spiro atoms. The number of aryl methyl sites for hydroxylation is 1. The zero-order chi connectivity index (χ0) is 18.8. The molecule has 3 unspecified atom stereocenters. The monoisotopic (exact) mass is 356 g/mol. The van der Waals surface area contributed by atoms with E-state index < -0.39 is 0 Å². The van der Waals surface area contributed by atoms with Crippen molar-refractivity contribution < 1.29 is 14.2 Å². The number of nitrogens with zero attached hydrogens (tertiary/aromatic N) is 4. The Morgan fingerprint density at radius 1 is 1.31 bits per heavy atom. The van der Waals surface area contributed by atoms with Gasteiger partial charge in [0.1, 0.15) is 12.3 Å².